The molecule has 0 saturated heterocycles. The molecule has 0 fully saturated rings. The van der Waals surface area contributed by atoms with E-state index in [0.717, 1.165) is 42.8 Å². The lowest BCUT2D eigenvalue weighted by atomic mass is 10.2. The quantitative estimate of drug-likeness (QED) is 0.611. The minimum absolute atomic E-state index is 0. The van der Waals surface area contributed by atoms with Crippen molar-refractivity contribution in [2.24, 2.45) is 0 Å². The van der Waals surface area contributed by atoms with E-state index in [-0.39, 0.29) is 37.2 Å². The fraction of sp³-hybridized carbons (Fsp3) is 0.353. The molecule has 0 radical (unpaired) electrons. The summed E-state index contributed by atoms with van der Waals surface area (Å²) in [5.41, 5.74) is 2.00. The molecule has 24 heavy (non-hydrogen) atoms. The van der Waals surface area contributed by atoms with Gasteiger partial charge in [-0.25, -0.2) is 0 Å². The highest BCUT2D eigenvalue weighted by Gasteiger charge is 2.01. The van der Waals surface area contributed by atoms with Gasteiger partial charge in [0.1, 0.15) is 0 Å². The molecule has 0 bridgehead atoms. The van der Waals surface area contributed by atoms with Crippen molar-refractivity contribution in [2.75, 3.05) is 31.5 Å². The van der Waals surface area contributed by atoms with Gasteiger partial charge < -0.3 is 10.2 Å². The van der Waals surface area contributed by atoms with Crippen LogP contribution in [0.1, 0.15) is 13.8 Å². The average Bonchev–Trinajstić information content (AvgIpc) is 2.50. The summed E-state index contributed by atoms with van der Waals surface area (Å²) in [6, 6.07) is 7.78. The van der Waals surface area contributed by atoms with Crippen molar-refractivity contribution in [3.8, 4) is 0 Å². The molecular weight excluding hydrogens is 388 g/mol. The molecule has 7 heteroatoms. The Kier molecular flexibility index (Phi) is 14.4. The molecule has 3 nitrogen and oxygen atoms in total. The molecule has 1 N–H and O–H groups in total. The van der Waals surface area contributed by atoms with Gasteiger partial charge in [-0.15, -0.1) is 37.2 Å². The third-order valence-corrected chi connectivity index (χ3v) is 3.77. The van der Waals surface area contributed by atoms with Crippen molar-refractivity contribution in [1.82, 2.24) is 9.88 Å². The lowest BCUT2D eigenvalue weighted by Crippen LogP contribution is -2.22. The average molecular weight is 413 g/mol. The molecule has 1 heterocycles. The van der Waals surface area contributed by atoms with Crippen LogP contribution in [-0.2, 0) is 0 Å². The second-order valence-electron chi connectivity index (χ2n) is 4.86. The molecule has 0 aliphatic heterocycles. The number of fused-ring (bicyclic) bond motifs is 1. The smallest absolute Gasteiger partial charge is 0.0737 e. The van der Waals surface area contributed by atoms with Crippen molar-refractivity contribution in [1.29, 1.82) is 0 Å². The van der Waals surface area contributed by atoms with Gasteiger partial charge in [0.2, 0.25) is 0 Å². The molecule has 2 aromatic rings. The number of pyridine rings is 1. The van der Waals surface area contributed by atoms with Gasteiger partial charge in [0.25, 0.3) is 0 Å². The van der Waals surface area contributed by atoms with Gasteiger partial charge in [0.15, 0.2) is 0 Å². The van der Waals surface area contributed by atoms with Crippen LogP contribution in [0.4, 0.5) is 5.69 Å². The Bertz CT molecular complexity index is 616. The van der Waals surface area contributed by atoms with Crippen LogP contribution in [0.3, 0.4) is 0 Å². The van der Waals surface area contributed by atoms with Gasteiger partial charge in [-0.3, -0.25) is 4.98 Å². The van der Waals surface area contributed by atoms with Crippen molar-refractivity contribution in [2.45, 2.75) is 13.8 Å². The summed E-state index contributed by atoms with van der Waals surface area (Å²) < 4.78 is 0. The van der Waals surface area contributed by atoms with Crippen LogP contribution in [-0.4, -0.2) is 36.1 Å². The van der Waals surface area contributed by atoms with Gasteiger partial charge in [-0.2, -0.15) is 0 Å². The van der Waals surface area contributed by atoms with E-state index in [0.29, 0.717) is 5.02 Å². The van der Waals surface area contributed by atoms with Crippen LogP contribution in [0, 0.1) is 0 Å². The minimum Gasteiger partial charge on any atom is -0.381 e. The molecule has 2 rings (SSSR count). The standard InChI is InChI=1S/C17H22ClN3.3ClH/c1-3-21(4-2)12-6-5-10-19-16-9-11-20-17-13-14(18)7-8-15(16)17;;;/h5-9,11,13H,3-4,10,12H2,1-2H3,(H,19,20);3*1H/b6-5+;;;. The minimum atomic E-state index is 0. The van der Waals surface area contributed by atoms with Crippen LogP contribution in [0.25, 0.3) is 10.9 Å². The number of rotatable bonds is 7. The first-order valence-corrected chi connectivity index (χ1v) is 7.78. The second kappa shape index (κ2) is 13.6. The number of nitrogens with one attached hydrogen (secondary N) is 1. The number of halogens is 4. The zero-order chi connectivity index (χ0) is 15.1. The van der Waals surface area contributed by atoms with E-state index >= 15 is 0 Å². The lowest BCUT2D eigenvalue weighted by molar-refractivity contribution is 0.337. The molecule has 0 spiro atoms. The second-order valence-corrected chi connectivity index (χ2v) is 5.29. The number of anilines is 1. The number of aromatic nitrogens is 1. The maximum Gasteiger partial charge on any atom is 0.0737 e. The first-order chi connectivity index (χ1) is 10.2. The molecule has 136 valence electrons. The van der Waals surface area contributed by atoms with Crippen LogP contribution in [0.15, 0.2) is 42.6 Å². The zero-order valence-electron chi connectivity index (χ0n) is 13.9. The number of hydrogen-bond acceptors (Lipinski definition) is 3. The van der Waals surface area contributed by atoms with Gasteiger partial charge in [-0.1, -0.05) is 37.6 Å². The van der Waals surface area contributed by atoms with Crippen LogP contribution >= 0.6 is 48.8 Å². The highest BCUT2D eigenvalue weighted by Crippen LogP contribution is 2.24. The predicted octanol–water partition coefficient (Wildman–Crippen LogP) is 5.46. The fourth-order valence-electron chi connectivity index (χ4n) is 2.23. The first-order valence-electron chi connectivity index (χ1n) is 7.40. The summed E-state index contributed by atoms with van der Waals surface area (Å²) in [6.07, 6.45) is 6.18. The maximum atomic E-state index is 6.00. The SMILES string of the molecule is CCN(CC)C/C=C/CNc1ccnc2cc(Cl)ccc12.Cl.Cl.Cl. The highest BCUT2D eigenvalue weighted by molar-refractivity contribution is 6.31. The molecule has 0 amide bonds. The van der Waals surface area contributed by atoms with Gasteiger partial charge >= 0.3 is 0 Å². The number of nitrogens with zero attached hydrogens (tertiary/aromatic N) is 2. The topological polar surface area (TPSA) is 28.2 Å². The Labute approximate surface area is 168 Å². The summed E-state index contributed by atoms with van der Waals surface area (Å²) in [5, 5.41) is 5.24. The third kappa shape index (κ3) is 7.45. The largest absolute Gasteiger partial charge is 0.381 e. The van der Waals surface area contributed by atoms with Crippen molar-refractivity contribution in [3.05, 3.63) is 47.6 Å². The van der Waals surface area contributed by atoms with Crippen molar-refractivity contribution in [3.63, 3.8) is 0 Å². The first kappa shape index (κ1) is 25.5. The molecule has 0 saturated carbocycles. The summed E-state index contributed by atoms with van der Waals surface area (Å²) in [4.78, 5) is 6.72. The van der Waals surface area contributed by atoms with E-state index in [9.17, 15) is 0 Å². The number of hydrogen-bond donors (Lipinski definition) is 1. The Hall–Kier alpha value is -0.710. The number of benzene rings is 1. The summed E-state index contributed by atoms with van der Waals surface area (Å²) in [6.45, 7) is 8.35. The fourth-order valence-corrected chi connectivity index (χ4v) is 2.40. The van der Waals surface area contributed by atoms with E-state index in [4.69, 9.17) is 11.6 Å². The predicted molar refractivity (Wildman–Crippen MR) is 114 cm³/mol. The Morgan fingerprint density at radius 2 is 1.79 bits per heavy atom. The highest BCUT2D eigenvalue weighted by atomic mass is 35.5. The van der Waals surface area contributed by atoms with E-state index < -0.39 is 0 Å². The summed E-state index contributed by atoms with van der Waals surface area (Å²) >= 11 is 6.00. The van der Waals surface area contributed by atoms with Gasteiger partial charge in [-0.05, 0) is 37.4 Å². The lowest BCUT2D eigenvalue weighted by Gasteiger charge is -2.14. The molecular formula is C17H25Cl4N3. The maximum absolute atomic E-state index is 6.00. The Morgan fingerprint density at radius 3 is 2.46 bits per heavy atom. The Balaban J connectivity index is 0. The van der Waals surface area contributed by atoms with E-state index in [2.05, 4.69) is 41.2 Å². The molecule has 0 aliphatic carbocycles. The Morgan fingerprint density at radius 1 is 1.08 bits per heavy atom. The zero-order valence-corrected chi connectivity index (χ0v) is 17.1. The van der Waals surface area contributed by atoms with Crippen LogP contribution < -0.4 is 5.32 Å². The van der Waals surface area contributed by atoms with Crippen molar-refractivity contribution >= 4 is 65.4 Å². The third-order valence-electron chi connectivity index (χ3n) is 3.54. The van der Waals surface area contributed by atoms with Crippen LogP contribution in [0.5, 0.6) is 0 Å². The molecule has 0 atom stereocenters. The van der Waals surface area contributed by atoms with E-state index in [1.165, 1.54) is 0 Å². The number of likely N-dealkylation sites (N-methyl/N-ethyl adjacent to an activating group) is 1. The molecule has 1 aromatic carbocycles. The van der Waals surface area contributed by atoms with E-state index in [1.807, 2.05) is 24.3 Å². The molecule has 0 unspecified atom stereocenters. The summed E-state index contributed by atoms with van der Waals surface area (Å²) in [7, 11) is 0. The van der Waals surface area contributed by atoms with Gasteiger partial charge in [0.05, 0.1) is 5.52 Å². The van der Waals surface area contributed by atoms with E-state index in [1.54, 1.807) is 6.20 Å². The van der Waals surface area contributed by atoms with Gasteiger partial charge in [0, 0.05) is 35.4 Å². The normalized spacial score (nSPS) is 10.2. The molecule has 1 aromatic heterocycles. The van der Waals surface area contributed by atoms with Crippen LogP contribution in [0.2, 0.25) is 5.02 Å². The van der Waals surface area contributed by atoms with Crippen molar-refractivity contribution < 1.29 is 0 Å². The monoisotopic (exact) mass is 411 g/mol. The molecule has 0 aliphatic rings. The summed E-state index contributed by atoms with van der Waals surface area (Å²) in [5.74, 6) is 0.